The van der Waals surface area contributed by atoms with Gasteiger partial charge in [-0.1, -0.05) is 45.9 Å². The van der Waals surface area contributed by atoms with E-state index in [0.717, 1.165) is 0 Å². The van der Waals surface area contributed by atoms with Crippen LogP contribution in [0.3, 0.4) is 0 Å². The zero-order valence-corrected chi connectivity index (χ0v) is 22.0. The number of carbonyl (C=O) groups excluding carboxylic acids is 4. The van der Waals surface area contributed by atoms with Crippen LogP contribution in [0.15, 0.2) is 42.4 Å². The maximum absolute atomic E-state index is 15.8. The lowest BCUT2D eigenvalue weighted by Gasteiger charge is -2.34. The monoisotopic (exact) mass is 557 g/mol. The molecule has 1 aromatic rings. The van der Waals surface area contributed by atoms with Crippen molar-refractivity contribution in [3.8, 4) is 0 Å². The Bertz CT molecular complexity index is 1090. The Morgan fingerprint density at radius 2 is 1.79 bits per heavy atom. The summed E-state index contributed by atoms with van der Waals surface area (Å²) in [5.41, 5.74) is -1.64. The van der Waals surface area contributed by atoms with E-state index in [4.69, 9.17) is 25.8 Å². The molecule has 0 bridgehead atoms. The van der Waals surface area contributed by atoms with Crippen molar-refractivity contribution in [2.75, 3.05) is 12.5 Å². The molecule has 13 heteroatoms. The number of esters is 2. The van der Waals surface area contributed by atoms with Crippen LogP contribution in [0.4, 0.5) is 13.6 Å². The predicted octanol–water partition coefficient (Wildman–Crippen LogP) is 3.02. The molecule has 0 radical (unpaired) electrons. The molecule has 5 atom stereocenters. The van der Waals surface area contributed by atoms with Gasteiger partial charge in [0, 0.05) is 11.8 Å². The van der Waals surface area contributed by atoms with Crippen LogP contribution >= 0.6 is 11.6 Å². The molecular weight excluding hydrogens is 528 g/mol. The number of amides is 3. The smallest absolute Gasteiger partial charge is 0.325 e. The van der Waals surface area contributed by atoms with Crippen molar-refractivity contribution in [1.29, 1.82) is 0 Å². The third kappa shape index (κ3) is 6.24. The van der Waals surface area contributed by atoms with Gasteiger partial charge in [0.1, 0.15) is 6.61 Å². The van der Waals surface area contributed by atoms with E-state index in [0.29, 0.717) is 11.1 Å². The van der Waals surface area contributed by atoms with E-state index in [1.165, 1.54) is 26.0 Å². The number of carbonyl (C=O) groups is 4. The Kier molecular flexibility index (Phi) is 9.31. The Labute approximate surface area is 223 Å². The van der Waals surface area contributed by atoms with Gasteiger partial charge in [0.05, 0.1) is 17.7 Å². The van der Waals surface area contributed by atoms with Crippen LogP contribution in [0.25, 0.3) is 0 Å². The zero-order chi connectivity index (χ0) is 28.2. The van der Waals surface area contributed by atoms with E-state index in [1.807, 2.05) is 0 Å². The highest BCUT2D eigenvalue weighted by Crippen LogP contribution is 2.40. The molecule has 1 fully saturated rings. The first-order chi connectivity index (χ1) is 17.9. The Balaban J connectivity index is 1.85. The van der Waals surface area contributed by atoms with Gasteiger partial charge in [0.2, 0.25) is 0 Å². The third-order valence-corrected chi connectivity index (χ3v) is 6.38. The van der Waals surface area contributed by atoms with Crippen molar-refractivity contribution in [3.05, 3.63) is 47.9 Å². The first kappa shape index (κ1) is 29.3. The summed E-state index contributed by atoms with van der Waals surface area (Å²) in [4.78, 5) is 50.3. The number of halogens is 3. The Hall–Kier alpha value is -3.25. The Morgan fingerprint density at radius 3 is 2.37 bits per heavy atom. The van der Waals surface area contributed by atoms with Gasteiger partial charge in [0.25, 0.3) is 5.91 Å². The van der Waals surface area contributed by atoms with Crippen molar-refractivity contribution in [3.63, 3.8) is 0 Å². The van der Waals surface area contributed by atoms with E-state index in [1.54, 1.807) is 32.0 Å². The molecule has 2 aliphatic heterocycles. The van der Waals surface area contributed by atoms with Crippen molar-refractivity contribution < 1.29 is 42.2 Å². The fraction of sp³-hybridized carbons (Fsp3) is 0.520. The second kappa shape index (κ2) is 12.1. The summed E-state index contributed by atoms with van der Waals surface area (Å²) < 4.78 is 47.2. The fourth-order valence-electron chi connectivity index (χ4n) is 3.71. The van der Waals surface area contributed by atoms with Gasteiger partial charge < -0.3 is 24.8 Å². The molecule has 208 valence electrons. The lowest BCUT2D eigenvalue weighted by atomic mass is 9.98. The predicted molar refractivity (Wildman–Crippen MR) is 131 cm³/mol. The molecular formula is C25H30ClF2N3O7. The van der Waals surface area contributed by atoms with Crippen LogP contribution in [-0.4, -0.2) is 71.5 Å². The number of nitrogens with zero attached hydrogens (tertiary/aromatic N) is 1. The second-order valence-electron chi connectivity index (χ2n) is 9.57. The van der Waals surface area contributed by atoms with Gasteiger partial charge in [-0.15, -0.1) is 11.6 Å². The number of hydrogen-bond donors (Lipinski definition) is 2. The number of nitrogens with one attached hydrogen (secondary N) is 2. The zero-order valence-electron chi connectivity index (χ0n) is 21.3. The molecule has 1 unspecified atom stereocenters. The minimum Gasteiger partial charge on any atom is -0.462 e. The summed E-state index contributed by atoms with van der Waals surface area (Å²) in [6.45, 7) is 5.65. The average molecular weight is 558 g/mol. The summed E-state index contributed by atoms with van der Waals surface area (Å²) in [5.74, 6) is -4.73. The van der Waals surface area contributed by atoms with Crippen molar-refractivity contribution in [2.24, 2.45) is 11.8 Å². The maximum Gasteiger partial charge on any atom is 0.325 e. The van der Waals surface area contributed by atoms with Gasteiger partial charge >= 0.3 is 18.0 Å². The van der Waals surface area contributed by atoms with E-state index in [2.05, 4.69) is 10.6 Å². The molecule has 0 saturated carbocycles. The van der Waals surface area contributed by atoms with Gasteiger partial charge in [0.15, 0.2) is 36.1 Å². The highest BCUT2D eigenvalue weighted by Gasteiger charge is 2.61. The van der Waals surface area contributed by atoms with Crippen LogP contribution in [-0.2, 0) is 23.8 Å². The second-order valence-corrected chi connectivity index (χ2v) is 9.84. The number of rotatable bonds is 9. The molecule has 1 saturated heterocycles. The first-order valence-electron chi connectivity index (χ1n) is 12.0. The number of hydrogen-bond acceptors (Lipinski definition) is 7. The molecule has 10 nitrogen and oxygen atoms in total. The first-order valence-corrected chi connectivity index (χ1v) is 12.5. The van der Waals surface area contributed by atoms with Gasteiger partial charge in [-0.25, -0.2) is 13.6 Å². The minimum atomic E-state index is -2.19. The van der Waals surface area contributed by atoms with E-state index in [-0.39, 0.29) is 5.56 Å². The van der Waals surface area contributed by atoms with Crippen molar-refractivity contribution in [2.45, 2.75) is 58.0 Å². The SMILES string of the molecule is CC(C)C(=O)OC[C@@]1(CCl)O[C@@H](N2C=C(F)C(NC(=O)c3ccccc3)NC2=O)[C@H](F)[C@@H]1OC(=O)C(C)C. The van der Waals surface area contributed by atoms with Crippen molar-refractivity contribution in [1.82, 2.24) is 15.5 Å². The van der Waals surface area contributed by atoms with E-state index in [9.17, 15) is 23.6 Å². The molecule has 38 heavy (non-hydrogen) atoms. The molecule has 3 rings (SSSR count). The van der Waals surface area contributed by atoms with E-state index < -0.39 is 84.3 Å². The van der Waals surface area contributed by atoms with Gasteiger partial charge in [-0.3, -0.25) is 19.3 Å². The topological polar surface area (TPSA) is 123 Å². The summed E-state index contributed by atoms with van der Waals surface area (Å²) in [6, 6.07) is 6.93. The fourth-order valence-corrected chi connectivity index (χ4v) is 4.00. The quantitative estimate of drug-likeness (QED) is 0.353. The van der Waals surface area contributed by atoms with Gasteiger partial charge in [-0.05, 0) is 12.1 Å². The molecule has 2 aliphatic rings. The molecule has 3 amide bonds. The van der Waals surface area contributed by atoms with Crippen LogP contribution in [0.2, 0.25) is 0 Å². The largest absolute Gasteiger partial charge is 0.462 e. The van der Waals surface area contributed by atoms with Gasteiger partial charge in [-0.2, -0.15) is 0 Å². The number of urea groups is 1. The third-order valence-electron chi connectivity index (χ3n) is 5.93. The molecule has 1 aromatic carbocycles. The number of alkyl halides is 2. The average Bonchev–Trinajstić information content (AvgIpc) is 3.16. The highest BCUT2D eigenvalue weighted by molar-refractivity contribution is 6.18. The number of ether oxygens (including phenoxy) is 3. The summed E-state index contributed by atoms with van der Waals surface area (Å²) in [6.07, 6.45) is -6.52. The van der Waals surface area contributed by atoms with Crippen molar-refractivity contribution >= 4 is 35.5 Å². The standard InChI is InChI=1S/C25H30ClF2N3O7/c1-13(2)22(33)36-12-25(11-26)18(37-23(34)14(3)4)17(28)21(38-25)31-10-16(27)19(30-24(31)35)29-20(32)15-8-6-5-7-9-15/h5-10,13-14,17-19,21H,11-12H2,1-4H3,(H,29,32)(H,30,35)/t17-,18+,19?,21-,25-/m1/s1. The van der Waals surface area contributed by atoms with Crippen LogP contribution < -0.4 is 10.6 Å². The molecule has 0 aromatic heterocycles. The lowest BCUT2D eigenvalue weighted by Crippen LogP contribution is -2.58. The summed E-state index contributed by atoms with van der Waals surface area (Å²) in [7, 11) is 0. The highest BCUT2D eigenvalue weighted by atomic mass is 35.5. The molecule has 2 heterocycles. The summed E-state index contributed by atoms with van der Waals surface area (Å²) in [5, 5.41) is 4.57. The molecule has 0 aliphatic carbocycles. The van der Waals surface area contributed by atoms with Crippen LogP contribution in [0, 0.1) is 11.8 Å². The molecule has 2 N–H and O–H groups in total. The maximum atomic E-state index is 15.8. The Morgan fingerprint density at radius 1 is 1.16 bits per heavy atom. The normalized spacial score (nSPS) is 27.1. The van der Waals surface area contributed by atoms with E-state index >= 15 is 4.39 Å². The van der Waals surface area contributed by atoms with Crippen LogP contribution in [0.1, 0.15) is 38.1 Å². The number of benzene rings is 1. The summed E-state index contributed by atoms with van der Waals surface area (Å²) >= 11 is 6.13. The lowest BCUT2D eigenvalue weighted by molar-refractivity contribution is -0.177. The minimum absolute atomic E-state index is 0.234. The molecule has 0 spiro atoms. The van der Waals surface area contributed by atoms with Crippen LogP contribution in [0.5, 0.6) is 0 Å².